The highest BCUT2D eigenvalue weighted by atomic mass is 16.3. The van der Waals surface area contributed by atoms with Gasteiger partial charge in [0.2, 0.25) is 5.91 Å². The van der Waals surface area contributed by atoms with Crippen LogP contribution in [0.3, 0.4) is 0 Å². The highest BCUT2D eigenvalue weighted by Gasteiger charge is 2.50. The van der Waals surface area contributed by atoms with Gasteiger partial charge in [-0.05, 0) is 44.5 Å². The lowest BCUT2D eigenvalue weighted by atomic mass is 9.80. The standard InChI is InChI=1S/C18H21N3O2/c1-18(12-16-20-10-11-23-16)14-4-2-3-5-15(14)21(17(18)22)13-6-8-19-9-7-13/h2-5,10-11,13,19H,6-9,12H2,1H3. The first kappa shape index (κ1) is 14.5. The Labute approximate surface area is 135 Å². The second kappa shape index (κ2) is 5.49. The van der Waals surface area contributed by atoms with E-state index in [1.807, 2.05) is 24.0 Å². The first-order chi connectivity index (χ1) is 11.2. The summed E-state index contributed by atoms with van der Waals surface area (Å²) in [6.45, 7) is 3.94. The normalized spacial score (nSPS) is 24.9. The maximum atomic E-state index is 13.3. The number of carbonyl (C=O) groups is 1. The summed E-state index contributed by atoms with van der Waals surface area (Å²) in [7, 11) is 0. The van der Waals surface area contributed by atoms with Crippen LogP contribution in [0.25, 0.3) is 0 Å². The average Bonchev–Trinajstić information content (AvgIpc) is 3.15. The van der Waals surface area contributed by atoms with Crippen molar-refractivity contribution >= 4 is 11.6 Å². The van der Waals surface area contributed by atoms with Crippen molar-refractivity contribution in [3.8, 4) is 0 Å². The van der Waals surface area contributed by atoms with Gasteiger partial charge in [0.25, 0.3) is 0 Å². The zero-order valence-corrected chi connectivity index (χ0v) is 13.3. The number of benzene rings is 1. The van der Waals surface area contributed by atoms with E-state index in [0.29, 0.717) is 12.3 Å². The van der Waals surface area contributed by atoms with Gasteiger partial charge in [-0.25, -0.2) is 4.98 Å². The second-order valence-electron chi connectivity index (χ2n) is 6.61. The quantitative estimate of drug-likeness (QED) is 0.945. The topological polar surface area (TPSA) is 58.4 Å². The van der Waals surface area contributed by atoms with E-state index in [1.54, 1.807) is 12.5 Å². The molecule has 1 saturated heterocycles. The van der Waals surface area contributed by atoms with E-state index < -0.39 is 5.41 Å². The van der Waals surface area contributed by atoms with Crippen molar-refractivity contribution in [3.05, 3.63) is 48.2 Å². The lowest BCUT2D eigenvalue weighted by Gasteiger charge is -2.33. The molecule has 1 amide bonds. The highest BCUT2D eigenvalue weighted by Crippen LogP contribution is 2.45. The Morgan fingerprint density at radius 3 is 2.87 bits per heavy atom. The number of fused-ring (bicyclic) bond motifs is 1. The molecular formula is C18H21N3O2. The summed E-state index contributed by atoms with van der Waals surface area (Å²) in [5, 5.41) is 3.37. The molecular weight excluding hydrogens is 290 g/mol. The molecule has 0 spiro atoms. The van der Waals surface area contributed by atoms with E-state index in [-0.39, 0.29) is 11.9 Å². The molecule has 0 bridgehead atoms. The number of hydrogen-bond donors (Lipinski definition) is 1. The lowest BCUT2D eigenvalue weighted by molar-refractivity contribution is -0.123. The van der Waals surface area contributed by atoms with Crippen molar-refractivity contribution in [3.63, 3.8) is 0 Å². The van der Waals surface area contributed by atoms with Crippen LogP contribution in [-0.2, 0) is 16.6 Å². The maximum Gasteiger partial charge on any atom is 0.238 e. The number of nitrogens with one attached hydrogen (secondary N) is 1. The van der Waals surface area contributed by atoms with Crippen molar-refractivity contribution in [2.75, 3.05) is 18.0 Å². The van der Waals surface area contributed by atoms with Gasteiger partial charge in [0, 0.05) is 18.2 Å². The van der Waals surface area contributed by atoms with Crippen LogP contribution in [0.2, 0.25) is 0 Å². The number of nitrogens with zero attached hydrogens (tertiary/aromatic N) is 2. The van der Waals surface area contributed by atoms with Crippen LogP contribution in [-0.4, -0.2) is 30.0 Å². The van der Waals surface area contributed by atoms with Gasteiger partial charge in [0.1, 0.15) is 6.26 Å². The summed E-state index contributed by atoms with van der Waals surface area (Å²) in [5.74, 6) is 0.784. The number of hydrogen-bond acceptors (Lipinski definition) is 4. The predicted molar refractivity (Wildman–Crippen MR) is 87.4 cm³/mol. The van der Waals surface area contributed by atoms with Gasteiger partial charge in [0.05, 0.1) is 11.6 Å². The largest absolute Gasteiger partial charge is 0.449 e. The number of piperidine rings is 1. The molecule has 1 aromatic carbocycles. The Bertz CT molecular complexity index is 707. The molecule has 1 fully saturated rings. The van der Waals surface area contributed by atoms with Crippen LogP contribution >= 0.6 is 0 Å². The molecule has 0 radical (unpaired) electrons. The van der Waals surface area contributed by atoms with Crippen molar-refractivity contribution in [1.29, 1.82) is 0 Å². The van der Waals surface area contributed by atoms with Crippen LogP contribution in [0.1, 0.15) is 31.2 Å². The number of rotatable bonds is 3. The smallest absolute Gasteiger partial charge is 0.238 e. The molecule has 1 atom stereocenters. The van der Waals surface area contributed by atoms with E-state index in [4.69, 9.17) is 4.42 Å². The van der Waals surface area contributed by atoms with E-state index in [2.05, 4.69) is 22.4 Å². The van der Waals surface area contributed by atoms with Crippen molar-refractivity contribution in [2.24, 2.45) is 0 Å². The number of aromatic nitrogens is 1. The number of oxazole rings is 1. The van der Waals surface area contributed by atoms with Crippen LogP contribution in [0.15, 0.2) is 41.1 Å². The summed E-state index contributed by atoms with van der Waals surface area (Å²) in [6, 6.07) is 8.42. The summed E-state index contributed by atoms with van der Waals surface area (Å²) < 4.78 is 5.41. The monoisotopic (exact) mass is 311 g/mol. The van der Waals surface area contributed by atoms with Crippen LogP contribution < -0.4 is 10.2 Å². The zero-order chi connectivity index (χ0) is 15.9. The first-order valence-corrected chi connectivity index (χ1v) is 8.22. The molecule has 23 heavy (non-hydrogen) atoms. The minimum absolute atomic E-state index is 0.170. The average molecular weight is 311 g/mol. The third-order valence-corrected chi connectivity index (χ3v) is 5.11. The van der Waals surface area contributed by atoms with Crippen molar-refractivity contribution < 1.29 is 9.21 Å². The lowest BCUT2D eigenvalue weighted by Crippen LogP contribution is -2.48. The van der Waals surface area contributed by atoms with E-state index in [1.165, 1.54) is 0 Å². The molecule has 2 aliphatic rings. The Balaban J connectivity index is 1.75. The minimum Gasteiger partial charge on any atom is -0.449 e. The zero-order valence-electron chi connectivity index (χ0n) is 13.3. The minimum atomic E-state index is -0.605. The Morgan fingerprint density at radius 1 is 1.35 bits per heavy atom. The summed E-state index contributed by atoms with van der Waals surface area (Å²) >= 11 is 0. The van der Waals surface area contributed by atoms with E-state index in [0.717, 1.165) is 37.2 Å². The van der Waals surface area contributed by atoms with Gasteiger partial charge in [-0.2, -0.15) is 0 Å². The van der Waals surface area contributed by atoms with Gasteiger partial charge < -0.3 is 14.6 Å². The van der Waals surface area contributed by atoms with Gasteiger partial charge in [-0.1, -0.05) is 18.2 Å². The fourth-order valence-corrected chi connectivity index (χ4v) is 3.88. The van der Waals surface area contributed by atoms with Crippen molar-refractivity contribution in [2.45, 2.75) is 37.6 Å². The van der Waals surface area contributed by atoms with E-state index in [9.17, 15) is 4.79 Å². The molecule has 1 N–H and O–H groups in total. The fourth-order valence-electron chi connectivity index (χ4n) is 3.88. The number of anilines is 1. The number of carbonyl (C=O) groups excluding carboxylic acids is 1. The molecule has 0 aliphatic carbocycles. The summed E-state index contributed by atoms with van der Waals surface area (Å²) in [4.78, 5) is 19.6. The van der Waals surface area contributed by atoms with Crippen LogP contribution in [0.4, 0.5) is 5.69 Å². The Hall–Kier alpha value is -2.14. The third kappa shape index (κ3) is 2.27. The van der Waals surface area contributed by atoms with Gasteiger partial charge in [-0.15, -0.1) is 0 Å². The molecule has 3 heterocycles. The molecule has 5 heteroatoms. The molecule has 120 valence electrons. The Kier molecular flexibility index (Phi) is 3.45. The predicted octanol–water partition coefficient (Wildman–Crippen LogP) is 2.27. The molecule has 2 aliphatic heterocycles. The molecule has 2 aromatic rings. The van der Waals surface area contributed by atoms with Gasteiger partial charge in [0.15, 0.2) is 5.89 Å². The number of amides is 1. The van der Waals surface area contributed by atoms with E-state index >= 15 is 0 Å². The van der Waals surface area contributed by atoms with Gasteiger partial charge >= 0.3 is 0 Å². The highest BCUT2D eigenvalue weighted by molar-refractivity contribution is 6.08. The molecule has 0 saturated carbocycles. The second-order valence-corrected chi connectivity index (χ2v) is 6.61. The molecule has 1 unspecified atom stereocenters. The van der Waals surface area contributed by atoms with Crippen molar-refractivity contribution in [1.82, 2.24) is 10.3 Å². The fraction of sp³-hybridized carbons (Fsp3) is 0.444. The van der Waals surface area contributed by atoms with Crippen LogP contribution in [0, 0.1) is 0 Å². The molecule has 4 rings (SSSR count). The maximum absolute atomic E-state index is 13.3. The molecule has 5 nitrogen and oxygen atoms in total. The van der Waals surface area contributed by atoms with Gasteiger partial charge in [-0.3, -0.25) is 4.79 Å². The third-order valence-electron chi connectivity index (χ3n) is 5.11. The Morgan fingerprint density at radius 2 is 2.13 bits per heavy atom. The molecule has 1 aromatic heterocycles. The number of para-hydroxylation sites is 1. The first-order valence-electron chi connectivity index (χ1n) is 8.22. The summed E-state index contributed by atoms with van der Waals surface area (Å²) in [5.41, 5.74) is 1.53. The van der Waals surface area contributed by atoms with Crippen LogP contribution in [0.5, 0.6) is 0 Å². The SMILES string of the molecule is CC1(Cc2ncco2)C(=O)N(C2CCNCC2)c2ccccc21. The summed E-state index contributed by atoms with van der Waals surface area (Å²) in [6.07, 6.45) is 5.69.